The lowest BCUT2D eigenvalue weighted by Gasteiger charge is -2.27. The maximum Gasteiger partial charge on any atom is 0.243 e. The van der Waals surface area contributed by atoms with E-state index in [0.29, 0.717) is 33.6 Å². The average molecular weight is 1770 g/mol. The van der Waals surface area contributed by atoms with Crippen molar-refractivity contribution in [2.24, 2.45) is 17.2 Å². The van der Waals surface area contributed by atoms with Crippen molar-refractivity contribution in [1.29, 1.82) is 10.8 Å². The average Bonchev–Trinajstić information content (AvgIpc) is 1.66. The second-order valence-corrected chi connectivity index (χ2v) is 29.8. The fraction of sp³-hybridized carbons (Fsp3) is 0.381. The number of carbonyl (C=O) groups excluding carboxylic acids is 16. The molecule has 0 radical (unpaired) electrons. The second kappa shape index (κ2) is 51.5. The summed E-state index contributed by atoms with van der Waals surface area (Å²) in [5.74, 6) is -12.1. The van der Waals surface area contributed by atoms with Gasteiger partial charge in [0.25, 0.3) is 0 Å². The Labute approximate surface area is 734 Å². The molecule has 0 spiro atoms. The third kappa shape index (κ3) is 34.6. The fourth-order valence-corrected chi connectivity index (χ4v) is 13.3. The molecule has 0 aliphatic carbocycles. The Hall–Kier alpha value is -15.6. The monoisotopic (exact) mass is 1770 g/mol. The molecule has 0 fully saturated rings. The predicted octanol–water partition coefficient (Wildman–Crippen LogP) is -4.86. The van der Waals surface area contributed by atoms with Gasteiger partial charge in [0.1, 0.15) is 48.3 Å². The number of para-hydroxylation sites is 2. The van der Waals surface area contributed by atoms with Crippen LogP contribution in [0.1, 0.15) is 91.9 Å². The molecule has 4 aromatic heterocycles. The molecule has 8 aromatic rings. The van der Waals surface area contributed by atoms with Gasteiger partial charge in [0, 0.05) is 157 Å². The van der Waals surface area contributed by atoms with Gasteiger partial charge in [-0.3, -0.25) is 87.5 Å². The molecule has 4 aromatic carbocycles. The van der Waals surface area contributed by atoms with Gasteiger partial charge in [-0.2, -0.15) is 0 Å². The third-order valence-corrected chi connectivity index (χ3v) is 19.9. The summed E-state index contributed by atoms with van der Waals surface area (Å²) in [4.78, 5) is 235. The number of nitrogens with one attached hydrogen (secondary N) is 23. The van der Waals surface area contributed by atoms with Crippen molar-refractivity contribution >= 4 is 128 Å². The Morgan fingerprint density at radius 3 is 1.05 bits per heavy atom. The smallest absolute Gasteiger partial charge is 0.243 e. The number of fused-ring (bicyclic) bond motifs is 2. The highest BCUT2D eigenvalue weighted by Gasteiger charge is 2.35. The first-order valence-electron chi connectivity index (χ1n) is 41.4. The molecule has 44 nitrogen and oxygen atoms in total. The highest BCUT2D eigenvalue weighted by molar-refractivity contribution is 5.99. The molecule has 0 saturated carbocycles. The minimum Gasteiger partial charge on any atom is -0.370 e. The van der Waals surface area contributed by atoms with Crippen molar-refractivity contribution in [3.05, 3.63) is 180 Å². The molecule has 0 bridgehead atoms. The number of hydrogen-bond acceptors (Lipinski definition) is 20. The minimum absolute atomic E-state index is 0.0108. The molecule has 682 valence electrons. The first-order valence-corrected chi connectivity index (χ1v) is 41.4. The number of amides is 16. The van der Waals surface area contributed by atoms with E-state index in [9.17, 15) is 76.7 Å². The van der Waals surface area contributed by atoms with Gasteiger partial charge in [0.15, 0.2) is 11.9 Å². The van der Waals surface area contributed by atoms with Crippen molar-refractivity contribution in [2.75, 3.05) is 58.9 Å². The number of primary amides is 1. The van der Waals surface area contributed by atoms with Gasteiger partial charge in [-0.1, -0.05) is 97.1 Å². The number of rotatable bonds is 54. The Kier molecular flexibility index (Phi) is 39.4. The van der Waals surface area contributed by atoms with Gasteiger partial charge in [-0.15, -0.1) is 0 Å². The van der Waals surface area contributed by atoms with Crippen LogP contribution in [0, 0.1) is 10.8 Å². The van der Waals surface area contributed by atoms with Gasteiger partial charge in [0.2, 0.25) is 94.5 Å². The first kappa shape index (κ1) is 97.9. The van der Waals surface area contributed by atoms with Crippen molar-refractivity contribution in [1.82, 2.24) is 120 Å². The van der Waals surface area contributed by atoms with E-state index < -0.39 is 162 Å². The van der Waals surface area contributed by atoms with E-state index in [2.05, 4.69) is 120 Å². The zero-order chi connectivity index (χ0) is 92.3. The number of nitrogens with two attached hydrogens (primary N) is 3. The number of aromatic amines is 4. The molecule has 0 unspecified atom stereocenters. The molecule has 4 heterocycles. The maximum atomic E-state index is 14.6. The van der Waals surface area contributed by atoms with Crippen molar-refractivity contribution in [3.63, 3.8) is 0 Å². The number of aromatic nitrogens is 6. The molecule has 29 N–H and O–H groups in total. The van der Waals surface area contributed by atoms with E-state index >= 15 is 0 Å². The fourth-order valence-electron chi connectivity index (χ4n) is 13.3. The quantitative estimate of drug-likeness (QED) is 0.00965. The summed E-state index contributed by atoms with van der Waals surface area (Å²) in [5, 5.41) is 61.0. The van der Waals surface area contributed by atoms with Gasteiger partial charge in [0.05, 0.1) is 43.7 Å². The lowest BCUT2D eigenvalue weighted by atomic mass is 10.0. The van der Waals surface area contributed by atoms with Gasteiger partial charge < -0.3 is 128 Å². The summed E-state index contributed by atoms with van der Waals surface area (Å²) in [6.45, 7) is -1.01. The SMILES string of the molecule is CC(=O)N[C@@H](Cc1c[nH]cn1)C(=O)N[C@H](Cc1ccccc1)C(=O)N[C@@H](CCCNC(=N)N)C(=O)N[C@@H](Cc1c[nH]c2ccccc12)C(=O)NCCC(=O)NCC(=O)NCCC(=O)NCC(=O)NCCC(=O)NCC(=O)NCCC(=O)N[C@@H](Cc1c[nH]cn1)C(=O)N[C@H](Cc1ccccc1)C(=O)N[C@@H](CCCNC(=N)N)C(=O)N[C@@H](Cc1c[nH]c2ccccc12)C(N)=O. The van der Waals surface area contributed by atoms with Crippen LogP contribution in [0.25, 0.3) is 21.8 Å². The van der Waals surface area contributed by atoms with E-state index in [1.165, 1.54) is 25.8 Å². The van der Waals surface area contributed by atoms with E-state index in [1.807, 2.05) is 42.5 Å². The van der Waals surface area contributed by atoms with Crippen LogP contribution in [-0.4, -0.2) is 244 Å². The van der Waals surface area contributed by atoms with Gasteiger partial charge >= 0.3 is 0 Å². The van der Waals surface area contributed by atoms with E-state index in [0.717, 1.165) is 21.8 Å². The van der Waals surface area contributed by atoms with E-state index in [-0.39, 0.29) is 141 Å². The van der Waals surface area contributed by atoms with Crippen molar-refractivity contribution in [3.8, 4) is 0 Å². The Morgan fingerprint density at radius 1 is 0.328 bits per heavy atom. The van der Waals surface area contributed by atoms with Crippen LogP contribution in [0.4, 0.5) is 0 Å². The molecule has 16 amide bonds. The van der Waals surface area contributed by atoms with E-state index in [4.69, 9.17) is 28.0 Å². The van der Waals surface area contributed by atoms with Crippen LogP contribution in [0.2, 0.25) is 0 Å². The molecular weight excluding hydrogens is 1660 g/mol. The number of hydrogen-bond donors (Lipinski definition) is 26. The molecule has 8 atom stereocenters. The highest BCUT2D eigenvalue weighted by Crippen LogP contribution is 2.22. The number of nitrogens with zero attached hydrogens (tertiary/aromatic N) is 2. The molecule has 0 aliphatic heterocycles. The topological polar surface area (TPSA) is 692 Å². The summed E-state index contributed by atoms with van der Waals surface area (Å²) in [7, 11) is 0. The Bertz CT molecular complexity index is 5120. The van der Waals surface area contributed by atoms with Gasteiger partial charge in [-0.05, 0) is 60.1 Å². The summed E-state index contributed by atoms with van der Waals surface area (Å²) in [5.41, 5.74) is 21.7. The summed E-state index contributed by atoms with van der Waals surface area (Å²) in [6.07, 6.45) is 7.83. The van der Waals surface area contributed by atoms with Crippen LogP contribution in [0.5, 0.6) is 0 Å². The number of guanidine groups is 2. The number of carbonyl (C=O) groups is 16. The minimum atomic E-state index is -1.37. The van der Waals surface area contributed by atoms with Crippen LogP contribution in [-0.2, 0) is 115 Å². The molecular formula is C84H110N28O16. The van der Waals surface area contributed by atoms with Gasteiger partial charge in [-0.25, -0.2) is 9.97 Å². The zero-order valence-corrected chi connectivity index (χ0v) is 70.4. The highest BCUT2D eigenvalue weighted by atomic mass is 16.2. The van der Waals surface area contributed by atoms with Crippen molar-refractivity contribution < 1.29 is 76.7 Å². The molecule has 128 heavy (non-hydrogen) atoms. The number of benzene rings is 4. The molecule has 0 saturated heterocycles. The Morgan fingerprint density at radius 2 is 0.664 bits per heavy atom. The zero-order valence-electron chi connectivity index (χ0n) is 70.4. The number of imidazole rings is 2. The molecule has 8 rings (SSSR count). The van der Waals surface area contributed by atoms with Crippen LogP contribution in [0.3, 0.4) is 0 Å². The van der Waals surface area contributed by atoms with Crippen LogP contribution >= 0.6 is 0 Å². The van der Waals surface area contributed by atoms with Crippen LogP contribution < -0.4 is 108 Å². The lowest BCUT2D eigenvalue weighted by Crippen LogP contribution is -2.59. The van der Waals surface area contributed by atoms with E-state index in [1.54, 1.807) is 85.3 Å². The predicted molar refractivity (Wildman–Crippen MR) is 467 cm³/mol. The maximum absolute atomic E-state index is 14.6. The standard InChI is InChI=1S/C84H110N28O16/c1-49(113)105-66(38-54-42-90-47-103-54)81(127)110-63(34-50-14-4-2-5-15-50)79(125)108-61(23-13-29-97-84(88)89)78(124)112-65(37-53-41-99-59-21-11-9-19-57(53)59)76(122)95-33-26-70(116)102-45-73(119)93-31-24-68(114)100-44-72(118)92-30-25-69(115)101-46-74(120)94-32-27-71(117)106-67(39-55-43-91-48-104-55)82(128)111-64(35-51-16-6-3-7-17-51)80(126)107-60(22-12-28-96-83(86)87)77(123)109-62(75(85)121)36-52-40-98-58-20-10-8-18-56(52)58/h2-11,14-21,40-43,47-48,60-67,98-99H,12-13,22-39,44-46H2,1H3,(H2,85,121)(H,90,103)(H,91,104)(H,92,118)(H,93,119)(H,94,120)(H,95,122)(H,100,114)(H,101,115)(H,102,116)(H,105,113)(H,106,117)(H,107,126)(H,108,125)(H,109,123)(H,110,127)(H,111,128)(H,112,124)(H4,86,87,96)(H4,88,89,97)/t60-,61-,62-,63+,64+,65-,66-,67-/m0/s1. The molecule has 44 heteroatoms. The largest absolute Gasteiger partial charge is 0.370 e. The second-order valence-electron chi connectivity index (χ2n) is 29.8. The number of H-pyrrole nitrogens is 4. The first-order chi connectivity index (χ1) is 61.5. The van der Waals surface area contributed by atoms with Crippen LogP contribution in [0.15, 0.2) is 147 Å². The third-order valence-electron chi connectivity index (χ3n) is 19.9. The Balaban J connectivity index is 0.734. The van der Waals surface area contributed by atoms with Crippen molar-refractivity contribution in [2.45, 2.75) is 145 Å². The summed E-state index contributed by atoms with van der Waals surface area (Å²) < 4.78 is 0. The molecule has 0 aliphatic rings. The lowest BCUT2D eigenvalue weighted by molar-refractivity contribution is -0.134. The summed E-state index contributed by atoms with van der Waals surface area (Å²) >= 11 is 0. The summed E-state index contributed by atoms with van der Waals surface area (Å²) in [6, 6.07) is 21.6. The normalized spacial score (nSPS) is 12.8.